The Morgan fingerprint density at radius 3 is 2.49 bits per heavy atom. The van der Waals surface area contributed by atoms with Gasteiger partial charge in [-0.25, -0.2) is 0 Å². The van der Waals surface area contributed by atoms with Gasteiger partial charge in [-0.15, -0.1) is 0 Å². The van der Waals surface area contributed by atoms with E-state index in [0.29, 0.717) is 18.7 Å². The Morgan fingerprint density at radius 1 is 1.00 bits per heavy atom. The second-order valence-corrected chi connectivity index (χ2v) is 10.5. The maximum Gasteiger partial charge on any atom is 0.261 e. The molecule has 1 N–H and O–H groups in total. The Labute approximate surface area is 219 Å². The number of carbonyl (C=O) groups is 2. The van der Waals surface area contributed by atoms with Crippen LogP contribution >= 0.6 is 0 Å². The van der Waals surface area contributed by atoms with Crippen LogP contribution in [0.1, 0.15) is 65.6 Å². The van der Waals surface area contributed by atoms with E-state index in [9.17, 15) is 9.59 Å². The van der Waals surface area contributed by atoms with Crippen molar-refractivity contribution in [1.29, 1.82) is 0 Å². The zero-order chi connectivity index (χ0) is 25.9. The average Bonchev–Trinajstić information content (AvgIpc) is 3.75. The number of amides is 2. The van der Waals surface area contributed by atoms with E-state index in [2.05, 4.69) is 53.5 Å². The minimum Gasteiger partial charge on any atom is -0.481 e. The highest BCUT2D eigenvalue weighted by atomic mass is 16.5. The lowest BCUT2D eigenvalue weighted by molar-refractivity contribution is -0.134. The molecule has 1 heterocycles. The largest absolute Gasteiger partial charge is 0.481 e. The number of nitrogens with zero attached hydrogens (tertiary/aromatic N) is 1. The molecule has 2 atom stereocenters. The molecule has 1 aliphatic carbocycles. The van der Waals surface area contributed by atoms with Crippen LogP contribution in [0.25, 0.3) is 0 Å². The summed E-state index contributed by atoms with van der Waals surface area (Å²) in [5.41, 5.74) is 6.87. The molecule has 5 heteroatoms. The molecule has 5 rings (SSSR count). The zero-order valence-electron chi connectivity index (χ0n) is 22.0. The van der Waals surface area contributed by atoms with Gasteiger partial charge in [-0.1, -0.05) is 72.6 Å². The first kappa shape index (κ1) is 25.1. The van der Waals surface area contributed by atoms with Crippen LogP contribution < -0.4 is 10.1 Å². The van der Waals surface area contributed by atoms with Crippen molar-refractivity contribution >= 4 is 11.8 Å². The Bertz CT molecular complexity index is 1280. The molecule has 1 fully saturated rings. The molecular weight excluding hydrogens is 460 g/mol. The molecule has 0 aromatic heterocycles. The molecule has 0 spiro atoms. The summed E-state index contributed by atoms with van der Waals surface area (Å²) >= 11 is 0. The normalized spacial score (nSPS) is 17.6. The molecule has 1 aliphatic heterocycles. The molecule has 192 valence electrons. The highest BCUT2D eigenvalue weighted by Crippen LogP contribution is 2.41. The molecule has 3 aromatic carbocycles. The fraction of sp³-hybridized carbons (Fsp3) is 0.375. The van der Waals surface area contributed by atoms with E-state index in [1.54, 1.807) is 0 Å². The summed E-state index contributed by atoms with van der Waals surface area (Å²) in [7, 11) is 0. The monoisotopic (exact) mass is 496 g/mol. The van der Waals surface area contributed by atoms with Crippen LogP contribution in [0, 0.1) is 19.8 Å². The lowest BCUT2D eigenvalue weighted by Crippen LogP contribution is -2.41. The Kier molecular flexibility index (Phi) is 7.31. The summed E-state index contributed by atoms with van der Waals surface area (Å²) in [5.74, 6) is 0.955. The van der Waals surface area contributed by atoms with Gasteiger partial charge in [-0.05, 0) is 73.9 Å². The van der Waals surface area contributed by atoms with Crippen molar-refractivity contribution in [2.45, 2.75) is 65.1 Å². The van der Waals surface area contributed by atoms with Crippen molar-refractivity contribution in [2.24, 2.45) is 5.92 Å². The third-order valence-corrected chi connectivity index (χ3v) is 7.44. The quantitative estimate of drug-likeness (QED) is 0.438. The number of benzene rings is 3. The lowest BCUT2D eigenvalue weighted by Gasteiger charge is -2.38. The van der Waals surface area contributed by atoms with Gasteiger partial charge in [-0.2, -0.15) is 0 Å². The Hall–Kier alpha value is -3.60. The first-order valence-electron chi connectivity index (χ1n) is 13.4. The smallest absolute Gasteiger partial charge is 0.261 e. The number of rotatable bonds is 8. The molecule has 0 bridgehead atoms. The molecular formula is C32H36N2O3. The summed E-state index contributed by atoms with van der Waals surface area (Å²) in [4.78, 5) is 28.3. The van der Waals surface area contributed by atoms with E-state index in [0.717, 1.165) is 42.5 Å². The molecule has 2 unspecified atom stereocenters. The van der Waals surface area contributed by atoms with Gasteiger partial charge in [0.2, 0.25) is 5.91 Å². The molecule has 3 aromatic rings. The second kappa shape index (κ2) is 10.8. The first-order chi connectivity index (χ1) is 17.9. The number of ether oxygens (including phenoxy) is 1. The van der Waals surface area contributed by atoms with Crippen LogP contribution in [0.3, 0.4) is 0 Å². The molecule has 37 heavy (non-hydrogen) atoms. The summed E-state index contributed by atoms with van der Waals surface area (Å²) in [6.45, 7) is 7.27. The number of hydrogen-bond donors (Lipinski definition) is 1. The minimum atomic E-state index is -0.589. The topological polar surface area (TPSA) is 58.6 Å². The van der Waals surface area contributed by atoms with E-state index in [1.807, 2.05) is 44.2 Å². The van der Waals surface area contributed by atoms with Crippen molar-refractivity contribution in [2.75, 3.05) is 6.54 Å². The summed E-state index contributed by atoms with van der Waals surface area (Å²) in [5, 5.41) is 3.02. The fourth-order valence-electron chi connectivity index (χ4n) is 5.19. The maximum atomic E-state index is 13.3. The van der Waals surface area contributed by atoms with Crippen LogP contribution in [-0.4, -0.2) is 29.4 Å². The van der Waals surface area contributed by atoms with E-state index in [-0.39, 0.29) is 23.8 Å². The van der Waals surface area contributed by atoms with Gasteiger partial charge in [0, 0.05) is 19.0 Å². The number of carbonyl (C=O) groups excluding carboxylic acids is 2. The SMILES string of the molecule is CCC(Oc1ccc2c(c1)C(c1ccc(C)cc1)N(C(=O)C1CC1)CC2)C(=O)NCc1cccc(C)c1. The minimum absolute atomic E-state index is 0.123. The van der Waals surface area contributed by atoms with Crippen LogP contribution in [0.2, 0.25) is 0 Å². The predicted octanol–water partition coefficient (Wildman–Crippen LogP) is 5.66. The average molecular weight is 497 g/mol. The number of aryl methyl sites for hydroxylation is 2. The van der Waals surface area contributed by atoms with Crippen LogP contribution in [0.15, 0.2) is 66.7 Å². The third kappa shape index (κ3) is 5.71. The van der Waals surface area contributed by atoms with Gasteiger partial charge >= 0.3 is 0 Å². The first-order valence-corrected chi connectivity index (χ1v) is 13.4. The molecule has 0 radical (unpaired) electrons. The van der Waals surface area contributed by atoms with Gasteiger partial charge in [0.25, 0.3) is 5.91 Å². The van der Waals surface area contributed by atoms with E-state index in [4.69, 9.17) is 4.74 Å². The second-order valence-electron chi connectivity index (χ2n) is 10.5. The van der Waals surface area contributed by atoms with Crippen LogP contribution in [0.4, 0.5) is 0 Å². The summed E-state index contributed by atoms with van der Waals surface area (Å²) < 4.78 is 6.25. The molecule has 2 aliphatic rings. The van der Waals surface area contributed by atoms with Gasteiger partial charge in [-0.3, -0.25) is 9.59 Å². The Balaban J connectivity index is 1.37. The van der Waals surface area contributed by atoms with Crippen LogP contribution in [0.5, 0.6) is 5.75 Å². The van der Waals surface area contributed by atoms with Crippen molar-refractivity contribution in [3.05, 3.63) is 100 Å². The van der Waals surface area contributed by atoms with Gasteiger partial charge < -0.3 is 15.0 Å². The highest BCUT2D eigenvalue weighted by Gasteiger charge is 2.39. The molecule has 5 nitrogen and oxygen atoms in total. The Morgan fingerprint density at radius 2 is 1.78 bits per heavy atom. The molecule has 1 saturated carbocycles. The number of nitrogens with one attached hydrogen (secondary N) is 1. The highest BCUT2D eigenvalue weighted by molar-refractivity contribution is 5.82. The van der Waals surface area contributed by atoms with Crippen molar-refractivity contribution in [3.8, 4) is 5.75 Å². The lowest BCUT2D eigenvalue weighted by atomic mass is 9.87. The maximum absolute atomic E-state index is 13.3. The van der Waals surface area contributed by atoms with E-state index < -0.39 is 6.10 Å². The zero-order valence-corrected chi connectivity index (χ0v) is 22.0. The summed E-state index contributed by atoms with van der Waals surface area (Å²) in [6.07, 6.45) is 2.77. The number of fused-ring (bicyclic) bond motifs is 1. The molecule has 0 saturated heterocycles. The van der Waals surface area contributed by atoms with Gasteiger partial charge in [0.15, 0.2) is 6.10 Å². The van der Waals surface area contributed by atoms with E-state index >= 15 is 0 Å². The van der Waals surface area contributed by atoms with Crippen LogP contribution in [-0.2, 0) is 22.6 Å². The van der Waals surface area contributed by atoms with Crippen molar-refractivity contribution < 1.29 is 14.3 Å². The standard InChI is InChI=1S/C32H36N2O3/c1-4-29(31(35)33-20-23-7-5-6-22(3)18-23)37-27-15-14-24-16-17-34(32(36)26-12-13-26)30(28(24)19-27)25-10-8-21(2)9-11-25/h5-11,14-15,18-19,26,29-30H,4,12-13,16-17,20H2,1-3H3,(H,33,35). The van der Waals surface area contributed by atoms with Crippen molar-refractivity contribution in [1.82, 2.24) is 10.2 Å². The van der Waals surface area contributed by atoms with Gasteiger partial charge in [0.05, 0.1) is 6.04 Å². The summed E-state index contributed by atoms with van der Waals surface area (Å²) in [6, 6.07) is 22.6. The van der Waals surface area contributed by atoms with Gasteiger partial charge in [0.1, 0.15) is 5.75 Å². The predicted molar refractivity (Wildman–Crippen MR) is 145 cm³/mol. The third-order valence-electron chi connectivity index (χ3n) is 7.44. The molecule has 2 amide bonds. The van der Waals surface area contributed by atoms with E-state index in [1.165, 1.54) is 16.7 Å². The fourth-order valence-corrected chi connectivity index (χ4v) is 5.19. The number of hydrogen-bond acceptors (Lipinski definition) is 3. The van der Waals surface area contributed by atoms with Crippen molar-refractivity contribution in [3.63, 3.8) is 0 Å².